The van der Waals surface area contributed by atoms with Gasteiger partial charge in [-0.25, -0.2) is 4.98 Å². The third-order valence-corrected chi connectivity index (χ3v) is 5.95. The summed E-state index contributed by atoms with van der Waals surface area (Å²) in [6.07, 6.45) is 2.18. The number of hydrogen-bond acceptors (Lipinski definition) is 6. The van der Waals surface area contributed by atoms with Crippen molar-refractivity contribution in [2.45, 2.75) is 13.3 Å². The van der Waals surface area contributed by atoms with Gasteiger partial charge in [-0.2, -0.15) is 0 Å². The fourth-order valence-electron chi connectivity index (χ4n) is 3.29. The Morgan fingerprint density at radius 2 is 2.33 bits per heavy atom. The van der Waals surface area contributed by atoms with Gasteiger partial charge in [0.05, 0.1) is 30.3 Å². The van der Waals surface area contributed by atoms with Crippen LogP contribution in [0.4, 0.5) is 0 Å². The van der Waals surface area contributed by atoms with Crippen molar-refractivity contribution in [2.24, 2.45) is 5.92 Å². The molecule has 3 heterocycles. The van der Waals surface area contributed by atoms with Crippen LogP contribution < -0.4 is 20.3 Å². The molecule has 7 nitrogen and oxygen atoms in total. The van der Waals surface area contributed by atoms with E-state index in [4.69, 9.17) is 9.47 Å². The molecule has 140 valence electrons. The molecule has 0 unspecified atom stereocenters. The number of ether oxygens (including phenoxy) is 2. The topological polar surface area (TPSA) is 93.3 Å². The van der Waals surface area contributed by atoms with Gasteiger partial charge in [0.2, 0.25) is 0 Å². The van der Waals surface area contributed by atoms with Crippen molar-refractivity contribution in [1.29, 1.82) is 0 Å². The Kier molecular flexibility index (Phi) is 4.57. The van der Waals surface area contributed by atoms with Crippen LogP contribution in [0, 0.1) is 12.8 Å². The Bertz CT molecular complexity index is 1070. The third kappa shape index (κ3) is 3.28. The summed E-state index contributed by atoms with van der Waals surface area (Å²) in [5.41, 5.74) is 1.55. The number of nitrogens with one attached hydrogen (secondary N) is 2. The molecule has 0 spiro atoms. The van der Waals surface area contributed by atoms with Crippen LogP contribution in [0.2, 0.25) is 0 Å². The van der Waals surface area contributed by atoms with Gasteiger partial charge < -0.3 is 19.8 Å². The first-order chi connectivity index (χ1) is 13.1. The van der Waals surface area contributed by atoms with Gasteiger partial charge >= 0.3 is 0 Å². The van der Waals surface area contributed by atoms with Gasteiger partial charge in [0, 0.05) is 18.5 Å². The number of benzene rings is 1. The number of aryl methyl sites for hydroxylation is 1. The van der Waals surface area contributed by atoms with E-state index in [1.807, 2.05) is 18.2 Å². The van der Waals surface area contributed by atoms with Crippen LogP contribution in [0.15, 0.2) is 29.3 Å². The molecule has 8 heteroatoms. The Labute approximate surface area is 159 Å². The highest BCUT2D eigenvalue weighted by molar-refractivity contribution is 7.20. The maximum atomic E-state index is 12.6. The molecular weight excluding hydrogens is 366 g/mol. The van der Waals surface area contributed by atoms with Crippen molar-refractivity contribution in [1.82, 2.24) is 15.3 Å². The van der Waals surface area contributed by atoms with Crippen molar-refractivity contribution < 1.29 is 14.3 Å². The molecule has 4 rings (SSSR count). The standard InChI is InChI=1S/C19H19N3O4S/c1-10-15-17(23)21-9-22-19(15)27-16(10)18(24)20-7-11-5-12-3-4-13(25-2)6-14(12)26-8-11/h3-4,6,9,11H,5,7-8H2,1-2H3,(H,20,24)(H,21,22,23)/t11-/m1/s1. The van der Waals surface area contributed by atoms with Crippen molar-refractivity contribution >= 4 is 27.5 Å². The number of aromatic nitrogens is 2. The molecule has 0 radical (unpaired) electrons. The van der Waals surface area contributed by atoms with E-state index in [0.717, 1.165) is 23.5 Å². The van der Waals surface area contributed by atoms with Gasteiger partial charge in [0.1, 0.15) is 16.3 Å². The van der Waals surface area contributed by atoms with Gasteiger partial charge in [-0.1, -0.05) is 6.07 Å². The minimum Gasteiger partial charge on any atom is -0.497 e. The zero-order valence-electron chi connectivity index (χ0n) is 15.0. The van der Waals surface area contributed by atoms with E-state index in [9.17, 15) is 9.59 Å². The molecule has 1 aromatic carbocycles. The number of rotatable bonds is 4. The second kappa shape index (κ2) is 7.03. The number of fused-ring (bicyclic) bond motifs is 2. The highest BCUT2D eigenvalue weighted by Gasteiger charge is 2.23. The van der Waals surface area contributed by atoms with Gasteiger partial charge in [-0.3, -0.25) is 9.59 Å². The second-order valence-electron chi connectivity index (χ2n) is 6.53. The predicted molar refractivity (Wildman–Crippen MR) is 103 cm³/mol. The first-order valence-corrected chi connectivity index (χ1v) is 9.43. The smallest absolute Gasteiger partial charge is 0.261 e. The summed E-state index contributed by atoms with van der Waals surface area (Å²) in [7, 11) is 1.63. The Morgan fingerprint density at radius 3 is 3.11 bits per heavy atom. The molecule has 3 aromatic rings. The lowest BCUT2D eigenvalue weighted by Gasteiger charge is -2.25. The number of amides is 1. The summed E-state index contributed by atoms with van der Waals surface area (Å²) >= 11 is 1.24. The lowest BCUT2D eigenvalue weighted by atomic mass is 9.96. The van der Waals surface area contributed by atoms with Gasteiger partial charge in [0.15, 0.2) is 0 Å². The normalized spacial score (nSPS) is 15.9. The number of aromatic amines is 1. The number of thiophene rings is 1. The van der Waals surface area contributed by atoms with Crippen LogP contribution >= 0.6 is 11.3 Å². The molecule has 1 aliphatic rings. The number of methoxy groups -OCH3 is 1. The fourth-order valence-corrected chi connectivity index (χ4v) is 4.35. The monoisotopic (exact) mass is 385 g/mol. The third-order valence-electron chi connectivity index (χ3n) is 4.75. The zero-order chi connectivity index (χ0) is 19.0. The molecule has 27 heavy (non-hydrogen) atoms. The minimum atomic E-state index is -0.222. The summed E-state index contributed by atoms with van der Waals surface area (Å²) in [6, 6.07) is 5.79. The number of carbonyl (C=O) groups excluding carboxylic acids is 1. The number of H-pyrrole nitrogens is 1. The lowest BCUT2D eigenvalue weighted by Crippen LogP contribution is -2.34. The quantitative estimate of drug-likeness (QED) is 0.719. The van der Waals surface area contributed by atoms with Crippen LogP contribution in [0.5, 0.6) is 11.5 Å². The van der Waals surface area contributed by atoms with E-state index in [2.05, 4.69) is 15.3 Å². The van der Waals surface area contributed by atoms with Crippen molar-refractivity contribution in [3.63, 3.8) is 0 Å². The summed E-state index contributed by atoms with van der Waals surface area (Å²) in [5.74, 6) is 1.60. The summed E-state index contributed by atoms with van der Waals surface area (Å²) in [5, 5.41) is 3.45. The van der Waals surface area contributed by atoms with Gasteiger partial charge in [-0.15, -0.1) is 11.3 Å². The van der Waals surface area contributed by atoms with Crippen LogP contribution in [0.3, 0.4) is 0 Å². The highest BCUT2D eigenvalue weighted by atomic mass is 32.1. The average molecular weight is 385 g/mol. The van der Waals surface area contributed by atoms with E-state index < -0.39 is 0 Å². The molecule has 0 fully saturated rings. The molecule has 0 aliphatic carbocycles. The maximum Gasteiger partial charge on any atom is 0.261 e. The molecule has 2 N–H and O–H groups in total. The van der Waals surface area contributed by atoms with Crippen LogP contribution in [0.25, 0.3) is 10.2 Å². The van der Waals surface area contributed by atoms with Crippen molar-refractivity contribution in [3.8, 4) is 11.5 Å². The van der Waals surface area contributed by atoms with E-state index in [0.29, 0.717) is 33.8 Å². The van der Waals surface area contributed by atoms with E-state index in [1.54, 1.807) is 14.0 Å². The van der Waals surface area contributed by atoms with Gasteiger partial charge in [-0.05, 0) is 30.5 Å². The number of nitrogens with zero attached hydrogens (tertiary/aromatic N) is 1. The van der Waals surface area contributed by atoms with E-state index in [1.165, 1.54) is 17.7 Å². The molecule has 0 saturated heterocycles. The number of hydrogen-bond donors (Lipinski definition) is 2. The SMILES string of the molecule is COc1ccc2c(c1)OC[C@@H](CNC(=O)c1sc3nc[nH]c(=O)c3c1C)C2. The minimum absolute atomic E-state index is 0.185. The molecule has 0 bridgehead atoms. The largest absolute Gasteiger partial charge is 0.497 e. The van der Waals surface area contributed by atoms with Crippen LogP contribution in [-0.4, -0.2) is 36.1 Å². The Balaban J connectivity index is 1.45. The van der Waals surface area contributed by atoms with Crippen molar-refractivity contribution in [3.05, 3.63) is 50.9 Å². The molecular formula is C19H19N3O4S. The van der Waals surface area contributed by atoms with Crippen LogP contribution in [-0.2, 0) is 6.42 Å². The lowest BCUT2D eigenvalue weighted by molar-refractivity contribution is 0.0942. The maximum absolute atomic E-state index is 12.6. The summed E-state index contributed by atoms with van der Waals surface area (Å²) < 4.78 is 11.0. The first kappa shape index (κ1) is 17.5. The zero-order valence-corrected chi connectivity index (χ0v) is 15.8. The van der Waals surface area contributed by atoms with Crippen molar-refractivity contribution in [2.75, 3.05) is 20.3 Å². The molecule has 2 aromatic heterocycles. The molecule has 1 amide bonds. The Morgan fingerprint density at radius 1 is 1.48 bits per heavy atom. The molecule has 0 saturated carbocycles. The first-order valence-electron chi connectivity index (χ1n) is 8.61. The average Bonchev–Trinajstić information content (AvgIpc) is 3.03. The fraction of sp³-hybridized carbons (Fsp3) is 0.316. The van der Waals surface area contributed by atoms with E-state index >= 15 is 0 Å². The van der Waals surface area contributed by atoms with E-state index in [-0.39, 0.29) is 17.4 Å². The Hall–Kier alpha value is -2.87. The molecule has 1 atom stereocenters. The predicted octanol–water partition coefficient (Wildman–Crippen LogP) is 2.28. The number of carbonyl (C=O) groups is 1. The highest BCUT2D eigenvalue weighted by Crippen LogP contribution is 2.31. The summed E-state index contributed by atoms with van der Waals surface area (Å²) in [6.45, 7) is 2.81. The van der Waals surface area contributed by atoms with Crippen LogP contribution in [0.1, 0.15) is 20.8 Å². The van der Waals surface area contributed by atoms with Gasteiger partial charge in [0.25, 0.3) is 11.5 Å². The molecule has 1 aliphatic heterocycles. The summed E-state index contributed by atoms with van der Waals surface area (Å²) in [4.78, 5) is 32.4. The second-order valence-corrected chi connectivity index (χ2v) is 7.53.